The van der Waals surface area contributed by atoms with Crippen molar-refractivity contribution >= 4 is 5.91 Å². The summed E-state index contributed by atoms with van der Waals surface area (Å²) < 4.78 is 0. The molecule has 0 aromatic heterocycles. The van der Waals surface area contributed by atoms with Crippen LogP contribution in [0.5, 0.6) is 0 Å². The Kier molecular flexibility index (Phi) is 4.08. The van der Waals surface area contributed by atoms with Crippen LogP contribution < -0.4 is 5.73 Å². The van der Waals surface area contributed by atoms with Gasteiger partial charge in [0.2, 0.25) is 5.91 Å². The van der Waals surface area contributed by atoms with Gasteiger partial charge in [-0.2, -0.15) is 0 Å². The summed E-state index contributed by atoms with van der Waals surface area (Å²) in [4.78, 5) is 17.3. The Labute approximate surface area is 116 Å². The van der Waals surface area contributed by atoms with E-state index < -0.39 is 0 Å². The molecule has 0 bridgehead atoms. The molecule has 3 unspecified atom stereocenters. The third kappa shape index (κ3) is 2.95. The standard InChI is InChI=1S/C15H27N3O/c16-13-6-5-12(10-13)15(19)18-9-3-4-14(11-18)17-7-1-2-8-17/h12-14H,1-11,16H2. The minimum atomic E-state index is 0.215. The molecule has 3 atom stereocenters. The summed E-state index contributed by atoms with van der Waals surface area (Å²) in [6, 6.07) is 0.878. The second-order valence-corrected chi connectivity index (χ2v) is 6.59. The molecule has 19 heavy (non-hydrogen) atoms. The lowest BCUT2D eigenvalue weighted by molar-refractivity contribution is -0.137. The number of amides is 1. The zero-order valence-electron chi connectivity index (χ0n) is 11.9. The van der Waals surface area contributed by atoms with Crippen molar-refractivity contribution in [2.24, 2.45) is 11.7 Å². The average molecular weight is 265 g/mol. The molecule has 0 radical (unpaired) electrons. The molecule has 0 spiro atoms. The first kappa shape index (κ1) is 13.4. The van der Waals surface area contributed by atoms with Crippen molar-refractivity contribution in [1.82, 2.24) is 9.80 Å². The van der Waals surface area contributed by atoms with Crippen LogP contribution >= 0.6 is 0 Å². The van der Waals surface area contributed by atoms with Crippen LogP contribution in [-0.2, 0) is 4.79 Å². The number of rotatable bonds is 2. The van der Waals surface area contributed by atoms with Crippen molar-refractivity contribution < 1.29 is 4.79 Å². The van der Waals surface area contributed by atoms with Crippen LogP contribution in [0, 0.1) is 5.92 Å². The third-order valence-electron chi connectivity index (χ3n) is 5.19. The Morgan fingerprint density at radius 3 is 2.47 bits per heavy atom. The number of carbonyl (C=O) groups is 1. The van der Waals surface area contributed by atoms with Crippen LogP contribution in [0.15, 0.2) is 0 Å². The van der Waals surface area contributed by atoms with E-state index >= 15 is 0 Å². The molecule has 2 N–H and O–H groups in total. The number of hydrogen-bond donors (Lipinski definition) is 1. The van der Waals surface area contributed by atoms with Crippen molar-refractivity contribution in [3.05, 3.63) is 0 Å². The van der Waals surface area contributed by atoms with Gasteiger partial charge in [-0.15, -0.1) is 0 Å². The normalized spacial score (nSPS) is 36.9. The molecular weight excluding hydrogens is 238 g/mol. The smallest absolute Gasteiger partial charge is 0.225 e. The summed E-state index contributed by atoms with van der Waals surface area (Å²) in [5.41, 5.74) is 5.94. The van der Waals surface area contributed by atoms with Crippen LogP contribution in [0.2, 0.25) is 0 Å². The average Bonchev–Trinajstić information content (AvgIpc) is 3.09. The molecule has 1 amide bonds. The summed E-state index contributed by atoms with van der Waals surface area (Å²) in [6.45, 7) is 4.40. The molecule has 0 aromatic rings. The van der Waals surface area contributed by atoms with Gasteiger partial charge >= 0.3 is 0 Å². The van der Waals surface area contributed by atoms with Gasteiger partial charge in [0.15, 0.2) is 0 Å². The number of piperidine rings is 1. The number of carbonyl (C=O) groups excluding carboxylic acids is 1. The molecule has 2 saturated heterocycles. The lowest BCUT2D eigenvalue weighted by atomic mass is 10.0. The van der Waals surface area contributed by atoms with Crippen molar-refractivity contribution in [2.45, 2.75) is 57.0 Å². The quantitative estimate of drug-likeness (QED) is 0.816. The van der Waals surface area contributed by atoms with Gasteiger partial charge in [-0.3, -0.25) is 9.69 Å². The maximum absolute atomic E-state index is 12.6. The zero-order valence-corrected chi connectivity index (χ0v) is 11.9. The van der Waals surface area contributed by atoms with Gasteiger partial charge in [0.05, 0.1) is 0 Å². The number of likely N-dealkylation sites (tertiary alicyclic amines) is 2. The van der Waals surface area contributed by atoms with E-state index in [9.17, 15) is 4.79 Å². The van der Waals surface area contributed by atoms with Crippen LogP contribution in [0.25, 0.3) is 0 Å². The van der Waals surface area contributed by atoms with Gasteiger partial charge in [0.25, 0.3) is 0 Å². The van der Waals surface area contributed by atoms with Crippen LogP contribution in [0.1, 0.15) is 44.9 Å². The molecule has 3 fully saturated rings. The highest BCUT2D eigenvalue weighted by Crippen LogP contribution is 2.28. The predicted molar refractivity (Wildman–Crippen MR) is 75.7 cm³/mol. The van der Waals surface area contributed by atoms with E-state index in [1.165, 1.54) is 38.8 Å². The van der Waals surface area contributed by atoms with Gasteiger partial charge in [-0.05, 0) is 58.0 Å². The topological polar surface area (TPSA) is 49.6 Å². The third-order valence-corrected chi connectivity index (χ3v) is 5.19. The van der Waals surface area contributed by atoms with Gasteiger partial charge in [0, 0.05) is 31.1 Å². The minimum Gasteiger partial charge on any atom is -0.341 e. The molecule has 3 rings (SSSR count). The minimum absolute atomic E-state index is 0.215. The van der Waals surface area contributed by atoms with Crippen LogP contribution in [0.3, 0.4) is 0 Å². The number of nitrogens with two attached hydrogens (primary N) is 1. The first-order chi connectivity index (χ1) is 9.24. The van der Waals surface area contributed by atoms with Crippen LogP contribution in [0.4, 0.5) is 0 Å². The van der Waals surface area contributed by atoms with Crippen molar-refractivity contribution in [1.29, 1.82) is 0 Å². The predicted octanol–water partition coefficient (Wildman–Crippen LogP) is 1.20. The van der Waals surface area contributed by atoms with E-state index in [-0.39, 0.29) is 12.0 Å². The summed E-state index contributed by atoms with van der Waals surface area (Å²) in [6.07, 6.45) is 8.05. The Balaban J connectivity index is 1.56. The molecule has 108 valence electrons. The fraction of sp³-hybridized carbons (Fsp3) is 0.933. The lowest BCUT2D eigenvalue weighted by Gasteiger charge is -2.38. The fourth-order valence-electron chi connectivity index (χ4n) is 4.06. The Morgan fingerprint density at radius 1 is 1.00 bits per heavy atom. The molecule has 1 aliphatic carbocycles. The van der Waals surface area contributed by atoms with E-state index in [0.717, 1.165) is 32.4 Å². The highest BCUT2D eigenvalue weighted by molar-refractivity contribution is 5.79. The molecule has 3 aliphatic rings. The second-order valence-electron chi connectivity index (χ2n) is 6.59. The van der Waals surface area contributed by atoms with Gasteiger partial charge in [-0.25, -0.2) is 0 Å². The second kappa shape index (κ2) is 5.80. The molecule has 0 aromatic carbocycles. The lowest BCUT2D eigenvalue weighted by Crippen LogP contribution is -2.50. The largest absolute Gasteiger partial charge is 0.341 e. The van der Waals surface area contributed by atoms with Crippen molar-refractivity contribution in [3.63, 3.8) is 0 Å². The van der Waals surface area contributed by atoms with Gasteiger partial charge < -0.3 is 10.6 Å². The first-order valence-electron chi connectivity index (χ1n) is 8.02. The van der Waals surface area contributed by atoms with Crippen molar-refractivity contribution in [2.75, 3.05) is 26.2 Å². The van der Waals surface area contributed by atoms with E-state index in [4.69, 9.17) is 5.73 Å². The monoisotopic (exact) mass is 265 g/mol. The Morgan fingerprint density at radius 2 is 1.79 bits per heavy atom. The molecule has 2 aliphatic heterocycles. The summed E-state index contributed by atoms with van der Waals surface area (Å²) in [5, 5.41) is 0. The Bertz CT molecular complexity index is 327. The summed E-state index contributed by atoms with van der Waals surface area (Å²) in [7, 11) is 0. The number of nitrogens with zero attached hydrogens (tertiary/aromatic N) is 2. The van der Waals surface area contributed by atoms with E-state index in [2.05, 4.69) is 9.80 Å². The molecule has 4 nitrogen and oxygen atoms in total. The Hall–Kier alpha value is -0.610. The zero-order chi connectivity index (χ0) is 13.2. The van der Waals surface area contributed by atoms with E-state index in [1.807, 2.05) is 0 Å². The van der Waals surface area contributed by atoms with Gasteiger partial charge in [0.1, 0.15) is 0 Å². The van der Waals surface area contributed by atoms with Gasteiger partial charge in [-0.1, -0.05) is 0 Å². The molecule has 4 heteroatoms. The highest BCUT2D eigenvalue weighted by atomic mass is 16.2. The summed E-state index contributed by atoms with van der Waals surface area (Å²) in [5.74, 6) is 0.601. The fourth-order valence-corrected chi connectivity index (χ4v) is 4.06. The van der Waals surface area contributed by atoms with Crippen LogP contribution in [-0.4, -0.2) is 54.0 Å². The van der Waals surface area contributed by atoms with E-state index in [0.29, 0.717) is 11.9 Å². The first-order valence-corrected chi connectivity index (χ1v) is 8.02. The molecule has 2 heterocycles. The van der Waals surface area contributed by atoms with Crippen molar-refractivity contribution in [3.8, 4) is 0 Å². The molecule has 1 saturated carbocycles. The molecular formula is C15H27N3O. The number of hydrogen-bond acceptors (Lipinski definition) is 3. The maximum Gasteiger partial charge on any atom is 0.225 e. The summed E-state index contributed by atoms with van der Waals surface area (Å²) >= 11 is 0. The van der Waals surface area contributed by atoms with E-state index in [1.54, 1.807) is 0 Å². The SMILES string of the molecule is NC1CCC(C(=O)N2CCCC(N3CCCC3)C2)C1. The highest BCUT2D eigenvalue weighted by Gasteiger charge is 2.34. The maximum atomic E-state index is 12.6.